The molecule has 1 aromatic carbocycles. The normalized spacial score (nSPS) is 14.7. The second-order valence-corrected chi connectivity index (χ2v) is 4.90. The van der Waals surface area contributed by atoms with Gasteiger partial charge in [-0.05, 0) is 24.3 Å². The molecule has 1 aromatic heterocycles. The quantitative estimate of drug-likeness (QED) is 0.289. The third-order valence-corrected chi connectivity index (χ3v) is 3.52. The maximum atomic E-state index is 12.5. The van der Waals surface area contributed by atoms with Crippen molar-refractivity contribution in [3.63, 3.8) is 0 Å². The summed E-state index contributed by atoms with van der Waals surface area (Å²) in [5, 5.41) is 19.9. The number of amides is 2. The van der Waals surface area contributed by atoms with Crippen molar-refractivity contribution in [2.75, 3.05) is 18.0 Å². The van der Waals surface area contributed by atoms with Crippen LogP contribution in [0.15, 0.2) is 30.5 Å². The Hall–Kier alpha value is -3.00. The number of nitrogens with zero attached hydrogens (tertiary/aromatic N) is 2. The van der Waals surface area contributed by atoms with E-state index in [1.54, 1.807) is 12.3 Å². The van der Waals surface area contributed by atoms with Gasteiger partial charge < -0.3 is 15.2 Å². The zero-order valence-corrected chi connectivity index (χ0v) is 11.5. The summed E-state index contributed by atoms with van der Waals surface area (Å²) in [6.45, 7) is 0.739. The molecule has 1 fully saturated rings. The second kappa shape index (κ2) is 5.08. The fraction of sp³-hybridized carbons (Fsp3) is 0.143. The average molecular weight is 302 g/mol. The molecule has 0 radical (unpaired) electrons. The number of ketones is 1. The van der Waals surface area contributed by atoms with Crippen molar-refractivity contribution in [3.8, 4) is 11.5 Å². The summed E-state index contributed by atoms with van der Waals surface area (Å²) >= 11 is 0. The largest absolute Gasteiger partial charge is 0.504 e. The first-order valence-electron chi connectivity index (χ1n) is 6.57. The molecule has 1 saturated heterocycles. The molecule has 8 heteroatoms. The van der Waals surface area contributed by atoms with Gasteiger partial charge in [-0.2, -0.15) is 0 Å². The number of H-pyrrole nitrogens is 1. The number of anilines is 1. The van der Waals surface area contributed by atoms with Crippen molar-refractivity contribution in [3.05, 3.63) is 41.6 Å². The van der Waals surface area contributed by atoms with Crippen LogP contribution in [0.5, 0.6) is 11.5 Å². The molecule has 2 heterocycles. The van der Waals surface area contributed by atoms with Crippen LogP contribution in [0.1, 0.15) is 15.9 Å². The van der Waals surface area contributed by atoms with Gasteiger partial charge in [-0.25, -0.2) is 10.6 Å². The number of hydrogen-bond donors (Lipinski definition) is 4. The summed E-state index contributed by atoms with van der Waals surface area (Å²) in [6.07, 6.45) is 1.55. The molecule has 114 valence electrons. The molecular weight excluding hydrogens is 288 g/mol. The molecule has 22 heavy (non-hydrogen) atoms. The van der Waals surface area contributed by atoms with Gasteiger partial charge in [0.05, 0.1) is 12.1 Å². The van der Waals surface area contributed by atoms with Gasteiger partial charge in [0.2, 0.25) is 0 Å². The summed E-state index contributed by atoms with van der Waals surface area (Å²) in [6, 6.07) is 4.96. The molecule has 0 bridgehead atoms. The number of carbonyl (C=O) groups is 2. The molecule has 3 rings (SSSR count). The van der Waals surface area contributed by atoms with Crippen LogP contribution in [-0.4, -0.2) is 45.1 Å². The molecule has 0 saturated carbocycles. The fourth-order valence-electron chi connectivity index (χ4n) is 2.35. The van der Waals surface area contributed by atoms with Crippen LogP contribution in [0.2, 0.25) is 0 Å². The highest BCUT2D eigenvalue weighted by molar-refractivity contribution is 6.14. The predicted molar refractivity (Wildman–Crippen MR) is 77.6 cm³/mol. The first-order valence-corrected chi connectivity index (χ1v) is 6.57. The van der Waals surface area contributed by atoms with E-state index in [-0.39, 0.29) is 28.4 Å². The highest BCUT2D eigenvalue weighted by atomic mass is 16.3. The van der Waals surface area contributed by atoms with E-state index in [1.807, 2.05) is 0 Å². The first-order chi connectivity index (χ1) is 10.5. The number of benzene rings is 1. The van der Waals surface area contributed by atoms with Gasteiger partial charge in [0.1, 0.15) is 5.82 Å². The number of carbonyl (C=O) groups excluding carboxylic acids is 2. The number of hydrazine groups is 1. The molecular formula is C14H14N4O4. The second-order valence-electron chi connectivity index (χ2n) is 4.90. The third kappa shape index (κ3) is 2.15. The van der Waals surface area contributed by atoms with Gasteiger partial charge in [0.15, 0.2) is 17.3 Å². The zero-order chi connectivity index (χ0) is 15.9. The molecule has 0 unspecified atom stereocenters. The van der Waals surface area contributed by atoms with Crippen LogP contribution in [0.3, 0.4) is 0 Å². The van der Waals surface area contributed by atoms with Crippen LogP contribution in [-0.2, 0) is 0 Å². The number of rotatable bonds is 3. The maximum Gasteiger partial charge on any atom is 0.339 e. The van der Waals surface area contributed by atoms with Gasteiger partial charge in [-0.1, -0.05) is 0 Å². The monoisotopic (exact) mass is 302 g/mol. The molecule has 0 spiro atoms. The van der Waals surface area contributed by atoms with Gasteiger partial charge in [0.25, 0.3) is 0 Å². The molecule has 1 aliphatic heterocycles. The first kappa shape index (κ1) is 14.0. The minimum Gasteiger partial charge on any atom is -0.504 e. The molecule has 2 amide bonds. The highest BCUT2D eigenvalue weighted by Crippen LogP contribution is 2.29. The zero-order valence-electron chi connectivity index (χ0n) is 11.5. The van der Waals surface area contributed by atoms with Crippen molar-refractivity contribution in [1.29, 1.82) is 0 Å². The number of urea groups is 1. The lowest BCUT2D eigenvalue weighted by Crippen LogP contribution is -2.37. The summed E-state index contributed by atoms with van der Waals surface area (Å²) in [7, 11) is 0. The van der Waals surface area contributed by atoms with E-state index in [9.17, 15) is 19.8 Å². The van der Waals surface area contributed by atoms with E-state index in [0.717, 1.165) is 5.01 Å². The molecule has 5 N–H and O–H groups in total. The van der Waals surface area contributed by atoms with Gasteiger partial charge in [-0.3, -0.25) is 14.7 Å². The van der Waals surface area contributed by atoms with Gasteiger partial charge >= 0.3 is 6.03 Å². The van der Waals surface area contributed by atoms with Crippen molar-refractivity contribution in [2.24, 2.45) is 5.84 Å². The molecule has 0 atom stereocenters. The molecule has 2 aromatic rings. The van der Waals surface area contributed by atoms with E-state index in [1.165, 1.54) is 23.1 Å². The number of aromatic nitrogens is 1. The number of nitrogens with one attached hydrogen (secondary N) is 1. The lowest BCUT2D eigenvalue weighted by Gasteiger charge is -2.15. The third-order valence-electron chi connectivity index (χ3n) is 3.52. The lowest BCUT2D eigenvalue weighted by molar-refractivity contribution is 0.103. The summed E-state index contributed by atoms with van der Waals surface area (Å²) < 4.78 is 0. The van der Waals surface area contributed by atoms with Gasteiger partial charge in [0, 0.05) is 18.3 Å². The highest BCUT2D eigenvalue weighted by Gasteiger charge is 2.31. The van der Waals surface area contributed by atoms with Gasteiger partial charge in [-0.15, -0.1) is 0 Å². The minimum absolute atomic E-state index is 0.201. The average Bonchev–Trinajstić information content (AvgIpc) is 3.09. The minimum atomic E-state index is -0.398. The van der Waals surface area contributed by atoms with Crippen molar-refractivity contribution in [1.82, 2.24) is 9.99 Å². The Kier molecular flexibility index (Phi) is 3.22. The molecule has 1 aliphatic rings. The number of phenolic OH excluding ortho intramolecular Hbond substituents is 2. The number of nitrogens with two attached hydrogens (primary N) is 1. The number of aromatic hydroxyl groups is 2. The van der Waals surface area contributed by atoms with Crippen molar-refractivity contribution < 1.29 is 19.8 Å². The van der Waals surface area contributed by atoms with Crippen LogP contribution in [0.25, 0.3) is 0 Å². The lowest BCUT2D eigenvalue weighted by atomic mass is 10.0. The summed E-state index contributed by atoms with van der Waals surface area (Å²) in [4.78, 5) is 28.7. The van der Waals surface area contributed by atoms with E-state index < -0.39 is 6.03 Å². The van der Waals surface area contributed by atoms with Crippen molar-refractivity contribution in [2.45, 2.75) is 0 Å². The van der Waals surface area contributed by atoms with Crippen LogP contribution < -0.4 is 10.7 Å². The van der Waals surface area contributed by atoms with E-state index in [4.69, 9.17) is 5.84 Å². The Morgan fingerprint density at radius 1 is 1.18 bits per heavy atom. The maximum absolute atomic E-state index is 12.5. The fourth-order valence-corrected chi connectivity index (χ4v) is 2.35. The summed E-state index contributed by atoms with van der Waals surface area (Å²) in [5.74, 6) is 4.82. The van der Waals surface area contributed by atoms with Crippen molar-refractivity contribution >= 4 is 17.6 Å². The van der Waals surface area contributed by atoms with Crippen LogP contribution in [0, 0.1) is 0 Å². The topological polar surface area (TPSA) is 123 Å². The van der Waals surface area contributed by atoms with E-state index in [2.05, 4.69) is 4.98 Å². The number of aromatic amines is 1. The van der Waals surface area contributed by atoms with Crippen LogP contribution in [0.4, 0.5) is 10.6 Å². The van der Waals surface area contributed by atoms with Crippen LogP contribution >= 0.6 is 0 Å². The Bertz CT molecular complexity index is 755. The Morgan fingerprint density at radius 3 is 2.59 bits per heavy atom. The Morgan fingerprint density at radius 2 is 1.95 bits per heavy atom. The predicted octanol–water partition coefficient (Wildman–Crippen LogP) is 0.773. The van der Waals surface area contributed by atoms with E-state index >= 15 is 0 Å². The SMILES string of the molecule is NN1CCN(c2[nH]ccc2C(=O)c2ccc(O)c(O)c2)C1=O. The Balaban J connectivity index is 1.96. The molecule has 8 nitrogen and oxygen atoms in total. The molecule has 0 aliphatic carbocycles. The van der Waals surface area contributed by atoms with E-state index in [0.29, 0.717) is 18.9 Å². The smallest absolute Gasteiger partial charge is 0.339 e. The Labute approximate surface area is 125 Å². The standard InChI is InChI=1S/C14H14N4O4/c15-18-6-5-17(14(18)22)13-9(3-4-16-13)12(21)8-1-2-10(19)11(20)7-8/h1-4,7,16,19-20H,5-6,15H2. The summed E-state index contributed by atoms with van der Waals surface area (Å²) in [5.41, 5.74) is 0.487. The number of phenols is 2. The number of hydrogen-bond acceptors (Lipinski definition) is 5.